The third kappa shape index (κ3) is 6.13. The predicted molar refractivity (Wildman–Crippen MR) is 120 cm³/mol. The highest BCUT2D eigenvalue weighted by molar-refractivity contribution is 5.75. The molecular weight excluding hydrogens is 372 g/mol. The Kier molecular flexibility index (Phi) is 7.49. The van der Waals surface area contributed by atoms with Crippen LogP contribution in [0.1, 0.15) is 36.8 Å². The van der Waals surface area contributed by atoms with Crippen LogP contribution in [0.25, 0.3) is 0 Å². The molecule has 0 radical (unpaired) electrons. The monoisotopic (exact) mass is 406 g/mol. The number of nitrogens with zero attached hydrogens (tertiary/aromatic N) is 2. The summed E-state index contributed by atoms with van der Waals surface area (Å²) in [5, 5.41) is 6.83. The molecule has 3 atom stereocenters. The van der Waals surface area contributed by atoms with Crippen molar-refractivity contribution >= 4 is 5.91 Å². The van der Waals surface area contributed by atoms with Crippen molar-refractivity contribution in [1.29, 1.82) is 0 Å². The Morgan fingerprint density at radius 2 is 2.00 bits per heavy atom. The fourth-order valence-corrected chi connectivity index (χ4v) is 5.04. The van der Waals surface area contributed by atoms with Crippen molar-refractivity contribution in [2.45, 2.75) is 44.7 Å². The molecule has 1 amide bonds. The molecule has 2 N–H and O–H groups in total. The lowest BCUT2D eigenvalue weighted by atomic mass is 9.79. The van der Waals surface area contributed by atoms with Crippen LogP contribution in [0, 0.1) is 11.8 Å². The summed E-state index contributed by atoms with van der Waals surface area (Å²) < 4.78 is 0. The van der Waals surface area contributed by atoms with Gasteiger partial charge >= 0.3 is 0 Å². The Hall–Kier alpha value is -2.24. The van der Waals surface area contributed by atoms with Crippen molar-refractivity contribution in [2.75, 3.05) is 26.2 Å². The first-order chi connectivity index (χ1) is 14.8. The van der Waals surface area contributed by atoms with Crippen LogP contribution in [0.15, 0.2) is 54.9 Å². The quantitative estimate of drug-likeness (QED) is 0.672. The van der Waals surface area contributed by atoms with Gasteiger partial charge in [-0.1, -0.05) is 36.4 Å². The number of amides is 1. The molecule has 4 rings (SSSR count). The third-order valence-corrected chi connectivity index (χ3v) is 6.51. The zero-order chi connectivity index (χ0) is 20.6. The maximum atomic E-state index is 12.2. The van der Waals surface area contributed by atoms with Gasteiger partial charge in [-0.05, 0) is 61.3 Å². The molecule has 0 aliphatic carbocycles. The van der Waals surface area contributed by atoms with Crippen LogP contribution in [0.5, 0.6) is 0 Å². The number of carbonyl (C=O) groups is 1. The zero-order valence-electron chi connectivity index (χ0n) is 17.8. The number of nitrogens with one attached hydrogen (secondary N) is 2. The number of piperidine rings is 2. The van der Waals surface area contributed by atoms with E-state index in [0.29, 0.717) is 24.9 Å². The average Bonchev–Trinajstić information content (AvgIpc) is 2.77. The molecule has 0 saturated carbocycles. The van der Waals surface area contributed by atoms with Crippen LogP contribution >= 0.6 is 0 Å². The first-order valence-corrected chi connectivity index (χ1v) is 11.4. The van der Waals surface area contributed by atoms with Crippen LogP contribution in [0.4, 0.5) is 0 Å². The molecule has 2 aliphatic rings. The predicted octanol–water partition coefficient (Wildman–Crippen LogP) is 3.02. The second kappa shape index (κ2) is 10.7. The van der Waals surface area contributed by atoms with E-state index in [-0.39, 0.29) is 5.91 Å². The van der Waals surface area contributed by atoms with Crippen molar-refractivity contribution < 1.29 is 4.79 Å². The summed E-state index contributed by atoms with van der Waals surface area (Å²) in [4.78, 5) is 18.9. The van der Waals surface area contributed by atoms with Crippen molar-refractivity contribution in [1.82, 2.24) is 20.5 Å². The first-order valence-electron chi connectivity index (χ1n) is 11.4. The lowest BCUT2D eigenvalue weighted by Gasteiger charge is -2.46. The lowest BCUT2D eigenvalue weighted by molar-refractivity contribution is -0.121. The fourth-order valence-electron chi connectivity index (χ4n) is 5.04. The number of rotatable bonds is 9. The number of likely N-dealkylation sites (tertiary alicyclic amines) is 1. The topological polar surface area (TPSA) is 57.3 Å². The van der Waals surface area contributed by atoms with Crippen LogP contribution in [0.2, 0.25) is 0 Å². The molecule has 3 unspecified atom stereocenters. The van der Waals surface area contributed by atoms with Gasteiger partial charge in [0.1, 0.15) is 0 Å². The van der Waals surface area contributed by atoms with E-state index in [1.807, 2.05) is 18.3 Å². The first kappa shape index (κ1) is 21.0. The van der Waals surface area contributed by atoms with Crippen LogP contribution in [0.3, 0.4) is 0 Å². The smallest absolute Gasteiger partial charge is 0.220 e. The number of carbonyl (C=O) groups excluding carboxylic acids is 1. The molecular formula is C25H34N4O. The summed E-state index contributed by atoms with van der Waals surface area (Å²) in [5.41, 5.74) is 2.57. The van der Waals surface area contributed by atoms with E-state index in [9.17, 15) is 4.79 Å². The van der Waals surface area contributed by atoms with E-state index >= 15 is 0 Å². The minimum absolute atomic E-state index is 0.168. The van der Waals surface area contributed by atoms with Crippen LogP contribution in [-0.2, 0) is 17.8 Å². The molecule has 30 heavy (non-hydrogen) atoms. The van der Waals surface area contributed by atoms with Gasteiger partial charge in [-0.25, -0.2) is 0 Å². The van der Waals surface area contributed by atoms with Crippen molar-refractivity contribution in [3.8, 4) is 0 Å². The van der Waals surface area contributed by atoms with E-state index < -0.39 is 0 Å². The second-order valence-corrected chi connectivity index (χ2v) is 8.91. The van der Waals surface area contributed by atoms with Crippen molar-refractivity contribution in [3.05, 3.63) is 66.0 Å². The second-order valence-electron chi connectivity index (χ2n) is 8.91. The molecule has 2 aromatic rings. The molecule has 2 aliphatic heterocycles. The summed E-state index contributed by atoms with van der Waals surface area (Å²) >= 11 is 0. The van der Waals surface area contributed by atoms with Gasteiger partial charge in [0.05, 0.1) is 0 Å². The van der Waals surface area contributed by atoms with E-state index in [1.165, 1.54) is 25.1 Å². The highest BCUT2D eigenvalue weighted by atomic mass is 16.1. The lowest BCUT2D eigenvalue weighted by Crippen LogP contribution is -2.55. The SMILES string of the molecule is O=C(CCCC1NCC2CC1CN(Cc1ccccc1)C2)NCCc1cccnc1. The van der Waals surface area contributed by atoms with E-state index in [1.54, 1.807) is 6.20 Å². The zero-order valence-corrected chi connectivity index (χ0v) is 17.8. The minimum atomic E-state index is 0.168. The third-order valence-electron chi connectivity index (χ3n) is 6.51. The molecule has 2 bridgehead atoms. The van der Waals surface area contributed by atoms with Gasteiger partial charge in [-0.2, -0.15) is 0 Å². The molecule has 1 aromatic heterocycles. The normalized spacial score (nSPS) is 23.8. The van der Waals surface area contributed by atoms with E-state index in [0.717, 1.165) is 43.8 Å². The van der Waals surface area contributed by atoms with Gasteiger partial charge in [-0.15, -0.1) is 0 Å². The maximum absolute atomic E-state index is 12.2. The molecule has 160 valence electrons. The number of aromatic nitrogens is 1. The maximum Gasteiger partial charge on any atom is 0.220 e. The molecule has 1 aromatic carbocycles. The Labute approximate surface area is 180 Å². The largest absolute Gasteiger partial charge is 0.356 e. The summed E-state index contributed by atoms with van der Waals surface area (Å²) in [6, 6.07) is 15.3. The van der Waals surface area contributed by atoms with Crippen molar-refractivity contribution in [3.63, 3.8) is 0 Å². The molecule has 2 saturated heterocycles. The summed E-state index contributed by atoms with van der Waals surface area (Å²) in [6.07, 6.45) is 8.47. The number of fused-ring (bicyclic) bond motifs is 2. The summed E-state index contributed by atoms with van der Waals surface area (Å²) in [7, 11) is 0. The van der Waals surface area contributed by atoms with Crippen LogP contribution < -0.4 is 10.6 Å². The molecule has 3 heterocycles. The Balaban J connectivity index is 1.16. The van der Waals surface area contributed by atoms with Gasteiger partial charge in [0, 0.05) is 51.0 Å². The van der Waals surface area contributed by atoms with E-state index in [2.05, 4.69) is 50.8 Å². The van der Waals surface area contributed by atoms with Gasteiger partial charge < -0.3 is 10.6 Å². The molecule has 0 spiro atoms. The molecule has 5 nitrogen and oxygen atoms in total. The number of pyridine rings is 1. The van der Waals surface area contributed by atoms with Crippen LogP contribution in [-0.4, -0.2) is 48.0 Å². The summed E-state index contributed by atoms with van der Waals surface area (Å²) in [5.74, 6) is 1.64. The van der Waals surface area contributed by atoms with E-state index in [4.69, 9.17) is 0 Å². The standard InChI is InChI=1S/C25H34N4O/c30-25(27-13-11-20-8-5-12-26-15-20)10-4-9-24-23-14-22(16-28-24)18-29(19-23)17-21-6-2-1-3-7-21/h1-3,5-8,12,15,22-24,28H,4,9-11,13-14,16-19H2,(H,27,30). The molecule has 5 heteroatoms. The average molecular weight is 407 g/mol. The van der Waals surface area contributed by atoms with Gasteiger partial charge in [0.15, 0.2) is 0 Å². The minimum Gasteiger partial charge on any atom is -0.356 e. The number of hydrogen-bond acceptors (Lipinski definition) is 4. The molecule has 2 fully saturated rings. The Bertz CT molecular complexity index is 782. The highest BCUT2D eigenvalue weighted by Crippen LogP contribution is 2.31. The Morgan fingerprint density at radius 3 is 2.83 bits per heavy atom. The van der Waals surface area contributed by atoms with Gasteiger partial charge in [0.25, 0.3) is 0 Å². The van der Waals surface area contributed by atoms with Crippen molar-refractivity contribution in [2.24, 2.45) is 11.8 Å². The fraction of sp³-hybridized carbons (Fsp3) is 0.520. The summed E-state index contributed by atoms with van der Waals surface area (Å²) in [6.45, 7) is 5.22. The number of hydrogen-bond donors (Lipinski definition) is 2. The van der Waals surface area contributed by atoms with Gasteiger partial charge in [-0.3, -0.25) is 14.7 Å². The number of benzene rings is 1. The highest BCUT2D eigenvalue weighted by Gasteiger charge is 2.35. The Morgan fingerprint density at radius 1 is 1.13 bits per heavy atom. The van der Waals surface area contributed by atoms with Gasteiger partial charge in [0.2, 0.25) is 5.91 Å².